The van der Waals surface area contributed by atoms with Crippen LogP contribution in [0.15, 0.2) is 24.3 Å². The Balaban J connectivity index is 1.82. The largest absolute Gasteiger partial charge is 0.465 e. The maximum absolute atomic E-state index is 12.7. The van der Waals surface area contributed by atoms with E-state index in [-0.39, 0.29) is 25.4 Å². The first-order chi connectivity index (χ1) is 15.8. The molecule has 0 aromatic heterocycles. The lowest BCUT2D eigenvalue weighted by atomic mass is 9.84. The van der Waals surface area contributed by atoms with Crippen molar-refractivity contribution in [1.82, 2.24) is 15.5 Å². The summed E-state index contributed by atoms with van der Waals surface area (Å²) in [6, 6.07) is 6.01. The molecule has 0 saturated heterocycles. The van der Waals surface area contributed by atoms with Crippen molar-refractivity contribution in [2.24, 2.45) is 5.92 Å². The first-order valence-electron chi connectivity index (χ1n) is 11.7. The van der Waals surface area contributed by atoms with Gasteiger partial charge in [0, 0.05) is 25.0 Å². The zero-order chi connectivity index (χ0) is 24.2. The maximum Gasteiger partial charge on any atom is 0.405 e. The number of carbonyl (C=O) groups excluding carboxylic acids is 2. The number of hydrogen-bond acceptors (Lipinski definition) is 4. The summed E-state index contributed by atoms with van der Waals surface area (Å²) < 4.78 is 0. The highest BCUT2D eigenvalue weighted by Crippen LogP contribution is 2.27. The number of nitrogens with zero attached hydrogens (tertiary/aromatic N) is 1. The van der Waals surface area contributed by atoms with Crippen LogP contribution in [0.4, 0.5) is 4.79 Å². The monoisotopic (exact) mass is 481 g/mol. The second-order valence-electron chi connectivity index (χ2n) is 8.83. The smallest absolute Gasteiger partial charge is 0.405 e. The molecule has 1 fully saturated rings. The Hall–Kier alpha value is -2.32. The fraction of sp³-hybridized carbons (Fsp3) is 0.625. The maximum atomic E-state index is 12.7. The molecule has 0 heterocycles. The summed E-state index contributed by atoms with van der Waals surface area (Å²) in [5.41, 5.74) is 0.967. The molecule has 1 saturated carbocycles. The average Bonchev–Trinajstić information content (AvgIpc) is 2.80. The molecular formula is C24H36ClN3O5. The highest BCUT2D eigenvalue weighted by atomic mass is 35.5. The molecule has 2 atom stereocenters. The number of aliphatic hydroxyl groups excluding tert-OH is 1. The van der Waals surface area contributed by atoms with Crippen molar-refractivity contribution in [3.8, 4) is 0 Å². The third-order valence-electron chi connectivity index (χ3n) is 6.28. The number of carbonyl (C=O) groups is 3. The van der Waals surface area contributed by atoms with Crippen LogP contribution in [0.5, 0.6) is 0 Å². The second-order valence-corrected chi connectivity index (χ2v) is 9.23. The van der Waals surface area contributed by atoms with E-state index in [0.717, 1.165) is 31.2 Å². The number of benzene rings is 1. The van der Waals surface area contributed by atoms with E-state index in [9.17, 15) is 19.5 Å². The van der Waals surface area contributed by atoms with Crippen molar-refractivity contribution >= 4 is 29.5 Å². The number of carboxylic acid groups (broad SMARTS) is 1. The molecular weight excluding hydrogens is 446 g/mol. The van der Waals surface area contributed by atoms with Crippen LogP contribution in [0, 0.1) is 5.92 Å². The van der Waals surface area contributed by atoms with Crippen LogP contribution < -0.4 is 10.6 Å². The van der Waals surface area contributed by atoms with Crippen LogP contribution in [0.3, 0.4) is 0 Å². The van der Waals surface area contributed by atoms with Gasteiger partial charge in [-0.25, -0.2) is 4.79 Å². The van der Waals surface area contributed by atoms with Crippen LogP contribution >= 0.6 is 11.6 Å². The van der Waals surface area contributed by atoms with E-state index in [2.05, 4.69) is 10.6 Å². The first kappa shape index (κ1) is 26.9. The third-order valence-corrected chi connectivity index (χ3v) is 6.65. The van der Waals surface area contributed by atoms with Gasteiger partial charge in [0.1, 0.15) is 6.04 Å². The lowest BCUT2D eigenvalue weighted by Crippen LogP contribution is -2.51. The van der Waals surface area contributed by atoms with Gasteiger partial charge in [0.2, 0.25) is 11.8 Å². The van der Waals surface area contributed by atoms with E-state index in [1.54, 1.807) is 11.9 Å². The number of hydrogen-bond donors (Lipinski definition) is 4. The molecule has 1 aromatic carbocycles. The van der Waals surface area contributed by atoms with E-state index in [1.807, 2.05) is 24.3 Å². The van der Waals surface area contributed by atoms with E-state index in [1.165, 1.54) is 6.42 Å². The second kappa shape index (κ2) is 14.1. The number of nitrogens with one attached hydrogen (secondary N) is 2. The molecule has 0 bridgehead atoms. The Morgan fingerprint density at radius 3 is 2.48 bits per heavy atom. The Kier molecular flexibility index (Phi) is 11.5. The van der Waals surface area contributed by atoms with Crippen LogP contribution in [-0.2, 0) is 16.0 Å². The minimum Gasteiger partial charge on any atom is -0.465 e. The summed E-state index contributed by atoms with van der Waals surface area (Å²) in [5.74, 6) is -0.249. The molecule has 1 aliphatic rings. The van der Waals surface area contributed by atoms with Gasteiger partial charge in [-0.2, -0.15) is 0 Å². The number of likely N-dealkylation sites (N-methyl/N-ethyl adjacent to an activating group) is 1. The van der Waals surface area contributed by atoms with Gasteiger partial charge in [0.15, 0.2) is 0 Å². The molecule has 9 heteroatoms. The minimum absolute atomic E-state index is 0.0998. The van der Waals surface area contributed by atoms with Crippen LogP contribution in [-0.4, -0.2) is 65.3 Å². The zero-order valence-corrected chi connectivity index (χ0v) is 20.0. The standard InChI is InChI=1S/C24H36ClN3O5/c1-28(14-13-18-9-5-6-10-20(18)25)22(30)12-11-19(16-29)26-23(31)21(27-24(32)33)15-17-7-3-2-4-8-17/h5-6,9-10,17,19,21,27,29H,2-4,7-8,11-16H2,1H3,(H,26,31)(H,32,33). The van der Waals surface area contributed by atoms with Gasteiger partial charge in [-0.1, -0.05) is 61.9 Å². The lowest BCUT2D eigenvalue weighted by molar-refractivity contribution is -0.130. The Morgan fingerprint density at radius 2 is 1.85 bits per heavy atom. The normalized spacial score (nSPS) is 16.0. The van der Waals surface area contributed by atoms with Crippen molar-refractivity contribution < 1.29 is 24.6 Å². The fourth-order valence-corrected chi connectivity index (χ4v) is 4.48. The number of amides is 3. The molecule has 2 unspecified atom stereocenters. The zero-order valence-electron chi connectivity index (χ0n) is 19.3. The molecule has 0 spiro atoms. The van der Waals surface area contributed by atoms with Gasteiger partial charge >= 0.3 is 6.09 Å². The van der Waals surface area contributed by atoms with Gasteiger partial charge in [0.25, 0.3) is 0 Å². The summed E-state index contributed by atoms with van der Waals surface area (Å²) >= 11 is 6.16. The summed E-state index contributed by atoms with van der Waals surface area (Å²) in [4.78, 5) is 38.0. The number of aliphatic hydroxyl groups is 1. The molecule has 1 aromatic rings. The van der Waals surface area contributed by atoms with Gasteiger partial charge in [-0.05, 0) is 36.8 Å². The predicted octanol–water partition coefficient (Wildman–Crippen LogP) is 3.20. The van der Waals surface area contributed by atoms with Crippen molar-refractivity contribution in [1.29, 1.82) is 0 Å². The predicted molar refractivity (Wildman–Crippen MR) is 127 cm³/mol. The summed E-state index contributed by atoms with van der Waals surface area (Å²) in [5, 5.41) is 24.5. The molecule has 1 aliphatic carbocycles. The van der Waals surface area contributed by atoms with Crippen molar-refractivity contribution in [2.75, 3.05) is 20.2 Å². The number of halogens is 1. The Labute approximate surface area is 200 Å². The van der Waals surface area contributed by atoms with Gasteiger partial charge in [0.05, 0.1) is 12.6 Å². The summed E-state index contributed by atoms with van der Waals surface area (Å²) in [6.45, 7) is 0.177. The lowest BCUT2D eigenvalue weighted by Gasteiger charge is -2.27. The molecule has 184 valence electrons. The van der Waals surface area contributed by atoms with Crippen molar-refractivity contribution in [3.05, 3.63) is 34.9 Å². The van der Waals surface area contributed by atoms with Crippen LogP contribution in [0.25, 0.3) is 0 Å². The SMILES string of the molecule is CN(CCc1ccccc1Cl)C(=O)CCC(CO)NC(=O)C(CC1CCCCC1)NC(=O)O. The molecule has 4 N–H and O–H groups in total. The number of rotatable bonds is 12. The molecule has 8 nitrogen and oxygen atoms in total. The Morgan fingerprint density at radius 1 is 1.15 bits per heavy atom. The van der Waals surface area contributed by atoms with Crippen LogP contribution in [0.2, 0.25) is 5.02 Å². The topological polar surface area (TPSA) is 119 Å². The molecule has 33 heavy (non-hydrogen) atoms. The minimum atomic E-state index is -1.25. The van der Waals surface area contributed by atoms with Crippen LogP contribution in [0.1, 0.15) is 56.9 Å². The average molecular weight is 482 g/mol. The quantitative estimate of drug-likeness (QED) is 0.365. The molecule has 3 amide bonds. The highest BCUT2D eigenvalue weighted by Gasteiger charge is 2.27. The summed E-state index contributed by atoms with van der Waals surface area (Å²) in [7, 11) is 1.71. The van der Waals surface area contributed by atoms with Gasteiger partial charge in [-0.3, -0.25) is 9.59 Å². The van der Waals surface area contributed by atoms with Crippen molar-refractivity contribution in [3.63, 3.8) is 0 Å². The van der Waals surface area contributed by atoms with Gasteiger partial charge < -0.3 is 25.7 Å². The third kappa shape index (κ3) is 9.60. The van der Waals surface area contributed by atoms with E-state index in [0.29, 0.717) is 30.3 Å². The van der Waals surface area contributed by atoms with Gasteiger partial charge in [-0.15, -0.1) is 0 Å². The Bertz CT molecular complexity index is 785. The van der Waals surface area contributed by atoms with E-state index >= 15 is 0 Å². The fourth-order valence-electron chi connectivity index (χ4n) is 4.25. The van der Waals surface area contributed by atoms with E-state index in [4.69, 9.17) is 16.7 Å². The first-order valence-corrected chi connectivity index (χ1v) is 12.1. The summed E-state index contributed by atoms with van der Waals surface area (Å²) in [6.07, 6.45) is 5.59. The molecule has 2 rings (SSSR count). The van der Waals surface area contributed by atoms with E-state index < -0.39 is 24.1 Å². The van der Waals surface area contributed by atoms with Crippen molar-refractivity contribution in [2.45, 2.75) is 69.9 Å². The highest BCUT2D eigenvalue weighted by molar-refractivity contribution is 6.31. The molecule has 0 radical (unpaired) electrons. The molecule has 0 aliphatic heterocycles.